The normalized spacial score (nSPS) is 11.4. The lowest BCUT2D eigenvalue weighted by molar-refractivity contribution is 0.220. The van der Waals surface area contributed by atoms with Gasteiger partial charge in [-0.15, -0.1) is 0 Å². The number of aliphatic hydroxyl groups excluding tert-OH is 1. The molecule has 0 aliphatic rings. The maximum atomic E-state index is 9.06. The quantitative estimate of drug-likeness (QED) is 0.673. The molecule has 1 aromatic heterocycles. The van der Waals surface area contributed by atoms with Crippen molar-refractivity contribution in [2.24, 2.45) is 5.41 Å². The second-order valence-electron chi connectivity index (χ2n) is 5.54. The van der Waals surface area contributed by atoms with Gasteiger partial charge in [-0.2, -0.15) is 0 Å². The van der Waals surface area contributed by atoms with Gasteiger partial charge in [0.2, 0.25) is 0 Å². The SMILES string of the molecule is CCCc1c(NC)ncnc1NCC(C)(C)CCO. The zero-order valence-electron chi connectivity index (χ0n) is 12.5. The first-order valence-corrected chi connectivity index (χ1v) is 6.90. The maximum Gasteiger partial charge on any atom is 0.134 e. The lowest BCUT2D eigenvalue weighted by Crippen LogP contribution is -2.25. The first kappa shape index (κ1) is 15.7. The van der Waals surface area contributed by atoms with Gasteiger partial charge in [0.1, 0.15) is 18.0 Å². The summed E-state index contributed by atoms with van der Waals surface area (Å²) in [6.07, 6.45) is 4.34. The molecule has 3 N–H and O–H groups in total. The summed E-state index contributed by atoms with van der Waals surface area (Å²) in [5.41, 5.74) is 1.18. The zero-order chi connectivity index (χ0) is 14.3. The molecule has 0 aliphatic carbocycles. The highest BCUT2D eigenvalue weighted by Gasteiger charge is 2.18. The molecule has 0 fully saturated rings. The highest BCUT2D eigenvalue weighted by molar-refractivity contribution is 5.57. The van der Waals surface area contributed by atoms with E-state index >= 15 is 0 Å². The molecule has 5 heteroatoms. The van der Waals surface area contributed by atoms with Crippen LogP contribution in [0.4, 0.5) is 11.6 Å². The van der Waals surface area contributed by atoms with Crippen molar-refractivity contribution in [3.8, 4) is 0 Å². The van der Waals surface area contributed by atoms with Crippen molar-refractivity contribution < 1.29 is 5.11 Å². The van der Waals surface area contributed by atoms with Gasteiger partial charge >= 0.3 is 0 Å². The van der Waals surface area contributed by atoms with Crippen molar-refractivity contribution in [2.75, 3.05) is 30.8 Å². The summed E-state index contributed by atoms with van der Waals surface area (Å²) in [7, 11) is 1.88. The predicted octanol–water partition coefficient (Wildman–Crippen LogP) is 2.29. The Balaban J connectivity index is 2.82. The highest BCUT2D eigenvalue weighted by atomic mass is 16.3. The zero-order valence-corrected chi connectivity index (χ0v) is 12.5. The first-order valence-electron chi connectivity index (χ1n) is 6.90. The molecule has 0 saturated heterocycles. The number of nitrogens with one attached hydrogen (secondary N) is 2. The maximum absolute atomic E-state index is 9.06. The summed E-state index contributed by atoms with van der Waals surface area (Å²) in [4.78, 5) is 8.60. The summed E-state index contributed by atoms with van der Waals surface area (Å²) in [5.74, 6) is 1.78. The molecule has 0 aromatic carbocycles. The van der Waals surface area contributed by atoms with Crippen molar-refractivity contribution in [3.05, 3.63) is 11.9 Å². The van der Waals surface area contributed by atoms with Crippen LogP contribution in [0.5, 0.6) is 0 Å². The lowest BCUT2D eigenvalue weighted by Gasteiger charge is -2.25. The van der Waals surface area contributed by atoms with Gasteiger partial charge in [0.25, 0.3) is 0 Å². The summed E-state index contributed by atoms with van der Waals surface area (Å²) >= 11 is 0. The Bertz CT molecular complexity index is 393. The van der Waals surface area contributed by atoms with Gasteiger partial charge in [-0.05, 0) is 18.3 Å². The Morgan fingerprint density at radius 1 is 1.26 bits per heavy atom. The molecule has 0 atom stereocenters. The summed E-state index contributed by atoms with van der Waals surface area (Å²) < 4.78 is 0. The fourth-order valence-corrected chi connectivity index (χ4v) is 1.98. The van der Waals surface area contributed by atoms with Crippen molar-refractivity contribution in [3.63, 3.8) is 0 Å². The molecule has 0 aliphatic heterocycles. The van der Waals surface area contributed by atoms with Crippen molar-refractivity contribution >= 4 is 11.6 Å². The van der Waals surface area contributed by atoms with Gasteiger partial charge in [-0.3, -0.25) is 0 Å². The molecule has 19 heavy (non-hydrogen) atoms. The van der Waals surface area contributed by atoms with E-state index in [1.165, 1.54) is 0 Å². The lowest BCUT2D eigenvalue weighted by atomic mass is 9.90. The molecule has 1 heterocycles. The van der Waals surface area contributed by atoms with Crippen LogP contribution in [-0.2, 0) is 6.42 Å². The van der Waals surface area contributed by atoms with Gasteiger partial charge in [0, 0.05) is 25.8 Å². The Hall–Kier alpha value is -1.36. The monoisotopic (exact) mass is 266 g/mol. The highest BCUT2D eigenvalue weighted by Crippen LogP contribution is 2.24. The Morgan fingerprint density at radius 2 is 1.95 bits per heavy atom. The molecule has 0 unspecified atom stereocenters. The molecule has 0 radical (unpaired) electrons. The van der Waals surface area contributed by atoms with E-state index in [0.29, 0.717) is 0 Å². The minimum atomic E-state index is 0.0446. The molecular weight excluding hydrogens is 240 g/mol. The summed E-state index contributed by atoms with van der Waals surface area (Å²) in [6, 6.07) is 0. The Morgan fingerprint density at radius 3 is 2.53 bits per heavy atom. The smallest absolute Gasteiger partial charge is 0.134 e. The fourth-order valence-electron chi connectivity index (χ4n) is 1.98. The van der Waals surface area contributed by atoms with Crippen LogP contribution in [0.3, 0.4) is 0 Å². The standard InChI is InChI=1S/C14H26N4O/c1-5-6-11-12(15-4)17-10-18-13(11)16-9-14(2,3)7-8-19/h10,19H,5-9H2,1-4H3,(H2,15,16,17,18). The van der Waals surface area contributed by atoms with Crippen molar-refractivity contribution in [1.82, 2.24) is 9.97 Å². The van der Waals surface area contributed by atoms with Gasteiger partial charge in [-0.25, -0.2) is 9.97 Å². The van der Waals surface area contributed by atoms with Crippen LogP contribution in [0.25, 0.3) is 0 Å². The third kappa shape index (κ3) is 4.67. The minimum absolute atomic E-state index is 0.0446. The van der Waals surface area contributed by atoms with E-state index in [1.54, 1.807) is 6.33 Å². The van der Waals surface area contributed by atoms with Gasteiger partial charge < -0.3 is 15.7 Å². The molecule has 0 bridgehead atoms. The van der Waals surface area contributed by atoms with Crippen molar-refractivity contribution in [2.45, 2.75) is 40.0 Å². The Kier molecular flexibility index (Phi) is 6.02. The third-order valence-corrected chi connectivity index (χ3v) is 3.21. The molecule has 0 saturated carbocycles. The van der Waals surface area contributed by atoms with Crippen LogP contribution in [0.2, 0.25) is 0 Å². The number of rotatable bonds is 8. The van der Waals surface area contributed by atoms with Gasteiger partial charge in [-0.1, -0.05) is 27.2 Å². The predicted molar refractivity (Wildman–Crippen MR) is 79.5 cm³/mol. The Labute approximate surface area is 115 Å². The molecule has 1 rings (SSSR count). The van der Waals surface area contributed by atoms with E-state index in [9.17, 15) is 0 Å². The number of nitrogens with zero attached hydrogens (tertiary/aromatic N) is 2. The van der Waals surface area contributed by atoms with Crippen LogP contribution in [-0.4, -0.2) is 35.3 Å². The van der Waals surface area contributed by atoms with Crippen LogP contribution >= 0.6 is 0 Å². The molecule has 0 spiro atoms. The molecule has 5 nitrogen and oxygen atoms in total. The largest absolute Gasteiger partial charge is 0.396 e. The van der Waals surface area contributed by atoms with E-state index in [0.717, 1.165) is 43.0 Å². The van der Waals surface area contributed by atoms with Crippen LogP contribution in [0.1, 0.15) is 39.2 Å². The number of hydrogen-bond acceptors (Lipinski definition) is 5. The molecule has 1 aromatic rings. The summed E-state index contributed by atoms with van der Waals surface area (Å²) in [5, 5.41) is 15.6. The van der Waals surface area contributed by atoms with E-state index < -0.39 is 0 Å². The third-order valence-electron chi connectivity index (χ3n) is 3.21. The van der Waals surface area contributed by atoms with E-state index in [4.69, 9.17) is 5.11 Å². The summed E-state index contributed by atoms with van der Waals surface area (Å²) in [6.45, 7) is 7.41. The van der Waals surface area contributed by atoms with Crippen molar-refractivity contribution in [1.29, 1.82) is 0 Å². The van der Waals surface area contributed by atoms with Gasteiger partial charge in [0.15, 0.2) is 0 Å². The van der Waals surface area contributed by atoms with Gasteiger partial charge in [0.05, 0.1) is 0 Å². The van der Waals surface area contributed by atoms with E-state index in [-0.39, 0.29) is 12.0 Å². The molecule has 108 valence electrons. The molecule has 0 amide bonds. The number of anilines is 2. The number of aromatic nitrogens is 2. The number of aliphatic hydroxyl groups is 1. The fraction of sp³-hybridized carbons (Fsp3) is 0.714. The second-order valence-corrected chi connectivity index (χ2v) is 5.54. The average molecular weight is 266 g/mol. The molecular formula is C14H26N4O. The van der Waals surface area contributed by atoms with E-state index in [1.807, 2.05) is 7.05 Å². The number of hydrogen-bond donors (Lipinski definition) is 3. The average Bonchev–Trinajstić information content (AvgIpc) is 2.37. The van der Waals surface area contributed by atoms with Crippen LogP contribution < -0.4 is 10.6 Å². The van der Waals surface area contributed by atoms with E-state index in [2.05, 4.69) is 41.4 Å². The second kappa shape index (κ2) is 7.28. The first-order chi connectivity index (χ1) is 9.04. The topological polar surface area (TPSA) is 70.1 Å². The van der Waals surface area contributed by atoms with Crippen LogP contribution in [0, 0.1) is 5.41 Å². The minimum Gasteiger partial charge on any atom is -0.396 e. The van der Waals surface area contributed by atoms with Crippen LogP contribution in [0.15, 0.2) is 6.33 Å².